The molecule has 3 saturated carbocycles. The lowest BCUT2D eigenvalue weighted by Gasteiger charge is -2.64. The van der Waals surface area contributed by atoms with Gasteiger partial charge in [-0.25, -0.2) is 0 Å². The van der Waals surface area contributed by atoms with Crippen molar-refractivity contribution in [2.45, 2.75) is 120 Å². The van der Waals surface area contributed by atoms with Gasteiger partial charge in [-0.3, -0.25) is 4.79 Å². The topological polar surface area (TPSA) is 120 Å². The van der Waals surface area contributed by atoms with Gasteiger partial charge in [-0.05, 0) is 95.8 Å². The predicted octanol–water partition coefficient (Wildman–Crippen LogP) is 3.10. The molecular weight excluding hydrogens is 472 g/mol. The van der Waals surface area contributed by atoms with E-state index in [2.05, 4.69) is 6.58 Å². The number of ether oxygens (including phenoxy) is 2. The quantitative estimate of drug-likeness (QED) is 0.427. The second kappa shape index (κ2) is 7.36. The molecule has 4 aliphatic carbocycles. The molecule has 2 heterocycles. The van der Waals surface area contributed by atoms with E-state index in [1.54, 1.807) is 13.0 Å². The number of carbonyl (C=O) groups excluding carboxylic acids is 1. The number of hydrogen-bond donors (Lipinski definition) is 4. The predicted molar refractivity (Wildman–Crippen MR) is 136 cm³/mol. The van der Waals surface area contributed by atoms with E-state index in [0.29, 0.717) is 44.3 Å². The number of carbonyl (C=O) groups is 1. The molecule has 6 rings (SSSR count). The van der Waals surface area contributed by atoms with E-state index < -0.39 is 45.4 Å². The summed E-state index contributed by atoms with van der Waals surface area (Å²) in [6.07, 6.45) is 4.21. The molecule has 7 nitrogen and oxygen atoms in total. The highest BCUT2D eigenvalue weighted by Gasteiger charge is 2.84. The number of aliphatic hydroxyl groups is 4. The van der Waals surface area contributed by atoms with E-state index in [9.17, 15) is 25.2 Å². The van der Waals surface area contributed by atoms with Crippen molar-refractivity contribution in [3.8, 4) is 0 Å². The molecule has 1 saturated heterocycles. The van der Waals surface area contributed by atoms with Crippen LogP contribution in [-0.2, 0) is 14.3 Å². The minimum atomic E-state index is -1.65. The second-order valence-corrected chi connectivity index (χ2v) is 13.3. The van der Waals surface area contributed by atoms with Gasteiger partial charge in [0.05, 0.1) is 17.1 Å². The van der Waals surface area contributed by atoms with Crippen molar-refractivity contribution in [3.63, 3.8) is 0 Å². The first-order valence-electron chi connectivity index (χ1n) is 14.0. The van der Waals surface area contributed by atoms with Crippen LogP contribution in [0.15, 0.2) is 35.6 Å². The summed E-state index contributed by atoms with van der Waals surface area (Å²) in [7, 11) is 0. The van der Waals surface area contributed by atoms with Gasteiger partial charge in [0.2, 0.25) is 0 Å². The largest absolute Gasteiger partial charge is 0.487 e. The monoisotopic (exact) mass is 514 g/mol. The van der Waals surface area contributed by atoms with Crippen molar-refractivity contribution in [3.05, 3.63) is 35.6 Å². The molecule has 0 radical (unpaired) electrons. The van der Waals surface area contributed by atoms with Crippen molar-refractivity contribution in [2.24, 2.45) is 22.7 Å². The average Bonchev–Trinajstić information content (AvgIpc) is 3.54. The Kier molecular flexibility index (Phi) is 5.12. The molecule has 1 spiro atoms. The average molecular weight is 515 g/mol. The van der Waals surface area contributed by atoms with Gasteiger partial charge in [-0.1, -0.05) is 19.1 Å². The zero-order valence-electron chi connectivity index (χ0n) is 22.7. The zero-order valence-corrected chi connectivity index (χ0v) is 22.7. The number of ketones is 1. The smallest absolute Gasteiger partial charge is 0.164 e. The highest BCUT2D eigenvalue weighted by Crippen LogP contribution is 2.75. The first-order chi connectivity index (χ1) is 17.2. The molecule has 2 aliphatic heterocycles. The third-order valence-corrected chi connectivity index (χ3v) is 12.5. The summed E-state index contributed by atoms with van der Waals surface area (Å²) in [6.45, 7) is 13.5. The van der Waals surface area contributed by atoms with E-state index in [4.69, 9.17) is 9.47 Å². The summed E-state index contributed by atoms with van der Waals surface area (Å²) in [5.41, 5.74) is -5.40. The fraction of sp³-hybridized carbons (Fsp3) is 0.767. The zero-order chi connectivity index (χ0) is 27.0. The highest BCUT2D eigenvalue weighted by atomic mass is 16.6. The van der Waals surface area contributed by atoms with Gasteiger partial charge in [0.25, 0.3) is 0 Å². The SMILES string of the molecule is C=C1O[C@@H]([C@](C)(O)[C@]2(O)CC[C@@]3(O)[C@@H]4C[C@H]5O[C@]56[C@@H](O)C=CC(=O)[C@]6(C)[C@H]4CC[C@]23CC)CC(C)=C1C. The Bertz CT molecular complexity index is 1140. The first-order valence-corrected chi connectivity index (χ1v) is 14.0. The number of epoxide rings is 1. The van der Waals surface area contributed by atoms with E-state index in [1.807, 2.05) is 27.7 Å². The fourth-order valence-corrected chi connectivity index (χ4v) is 10.1. The summed E-state index contributed by atoms with van der Waals surface area (Å²) in [4.78, 5) is 13.4. The summed E-state index contributed by atoms with van der Waals surface area (Å²) in [5.74, 6) is -0.0566. The van der Waals surface area contributed by atoms with Gasteiger partial charge >= 0.3 is 0 Å². The van der Waals surface area contributed by atoms with Gasteiger partial charge in [-0.15, -0.1) is 0 Å². The van der Waals surface area contributed by atoms with Crippen molar-refractivity contribution in [1.29, 1.82) is 0 Å². The van der Waals surface area contributed by atoms with Crippen LogP contribution in [-0.4, -0.2) is 66.9 Å². The molecule has 7 heteroatoms. The number of allylic oxidation sites excluding steroid dienone is 2. The standard InChI is InChI=1S/C30H42O7/c1-7-27-11-10-19-20(15-24-30(37-24)22(32)9-8-21(31)25(19,30)5)28(27,34)12-13-29(27,35)26(6,33)23-14-16(2)17(3)18(4)36-23/h8-9,19-20,22-24,32-35H,4,7,10-15H2,1-3,5-6H3/t19-,20+,22-,23+,24+,25-,26-,27-,28+,29+,30+/m0/s1. The van der Waals surface area contributed by atoms with Crippen LogP contribution in [0, 0.1) is 22.7 Å². The molecule has 11 atom stereocenters. The van der Waals surface area contributed by atoms with Crippen LogP contribution in [0.25, 0.3) is 0 Å². The molecule has 4 fully saturated rings. The Morgan fingerprint density at radius 1 is 1.19 bits per heavy atom. The van der Waals surface area contributed by atoms with Gasteiger partial charge in [0.15, 0.2) is 5.78 Å². The summed E-state index contributed by atoms with van der Waals surface area (Å²) in [5, 5.41) is 48.4. The number of fused-ring (bicyclic) bond motifs is 4. The van der Waals surface area contributed by atoms with Crippen molar-refractivity contribution >= 4 is 5.78 Å². The Morgan fingerprint density at radius 3 is 2.54 bits per heavy atom. The van der Waals surface area contributed by atoms with Crippen LogP contribution < -0.4 is 0 Å². The molecule has 0 aromatic heterocycles. The lowest BCUT2D eigenvalue weighted by atomic mass is 9.41. The normalized spacial score (nSPS) is 54.0. The number of hydrogen-bond acceptors (Lipinski definition) is 7. The molecule has 0 unspecified atom stereocenters. The highest BCUT2D eigenvalue weighted by molar-refractivity contribution is 5.98. The minimum absolute atomic E-state index is 0.0606. The third kappa shape index (κ3) is 2.59. The van der Waals surface area contributed by atoms with Gasteiger partial charge < -0.3 is 29.9 Å². The number of aliphatic hydroxyl groups excluding tert-OH is 1. The maximum absolute atomic E-state index is 13.4. The molecule has 4 N–H and O–H groups in total. The van der Waals surface area contributed by atoms with Crippen LogP contribution >= 0.6 is 0 Å². The lowest BCUT2D eigenvalue weighted by Crippen LogP contribution is -2.74. The van der Waals surface area contributed by atoms with Crippen LogP contribution in [0.5, 0.6) is 0 Å². The molecule has 0 aromatic rings. The maximum Gasteiger partial charge on any atom is 0.164 e. The van der Waals surface area contributed by atoms with E-state index in [-0.39, 0.29) is 30.1 Å². The van der Waals surface area contributed by atoms with Gasteiger partial charge in [0.1, 0.15) is 34.8 Å². The molecule has 0 aromatic carbocycles. The second-order valence-electron chi connectivity index (χ2n) is 13.3. The summed E-state index contributed by atoms with van der Waals surface area (Å²) >= 11 is 0. The van der Waals surface area contributed by atoms with Gasteiger partial charge in [0, 0.05) is 11.8 Å². The van der Waals surface area contributed by atoms with Crippen LogP contribution in [0.3, 0.4) is 0 Å². The van der Waals surface area contributed by atoms with Crippen molar-refractivity contribution in [2.75, 3.05) is 0 Å². The summed E-state index contributed by atoms with van der Waals surface area (Å²) < 4.78 is 12.3. The Morgan fingerprint density at radius 2 is 1.89 bits per heavy atom. The van der Waals surface area contributed by atoms with Crippen LogP contribution in [0.4, 0.5) is 0 Å². The molecule has 37 heavy (non-hydrogen) atoms. The molecular formula is C30H42O7. The van der Waals surface area contributed by atoms with E-state index in [1.165, 1.54) is 6.08 Å². The van der Waals surface area contributed by atoms with Crippen molar-refractivity contribution < 1.29 is 34.7 Å². The van der Waals surface area contributed by atoms with E-state index in [0.717, 1.165) is 11.1 Å². The lowest BCUT2D eigenvalue weighted by molar-refractivity contribution is -0.289. The third-order valence-electron chi connectivity index (χ3n) is 12.5. The Hall–Kier alpha value is -1.51. The van der Waals surface area contributed by atoms with Crippen LogP contribution in [0.2, 0.25) is 0 Å². The van der Waals surface area contributed by atoms with Crippen LogP contribution in [0.1, 0.15) is 79.6 Å². The van der Waals surface area contributed by atoms with E-state index >= 15 is 0 Å². The molecule has 0 amide bonds. The molecule has 6 aliphatic rings. The first kappa shape index (κ1) is 25.8. The van der Waals surface area contributed by atoms with Gasteiger partial charge in [-0.2, -0.15) is 0 Å². The Labute approximate surface area is 219 Å². The Balaban J connectivity index is 1.42. The summed E-state index contributed by atoms with van der Waals surface area (Å²) in [6, 6.07) is 0. The maximum atomic E-state index is 13.4. The molecule has 204 valence electrons. The minimum Gasteiger partial charge on any atom is -0.487 e. The fourth-order valence-electron chi connectivity index (χ4n) is 10.1. The number of rotatable bonds is 3. The van der Waals surface area contributed by atoms with Crippen molar-refractivity contribution in [1.82, 2.24) is 0 Å². The molecule has 0 bridgehead atoms.